The Labute approximate surface area is 193 Å². The Morgan fingerprint density at radius 1 is 1.06 bits per heavy atom. The molecule has 2 aromatic carbocycles. The van der Waals surface area contributed by atoms with Crippen molar-refractivity contribution in [3.63, 3.8) is 0 Å². The van der Waals surface area contributed by atoms with Crippen LogP contribution in [0.4, 0.5) is 18.3 Å². The number of nitrogens with zero attached hydrogens (tertiary/aromatic N) is 2. The van der Waals surface area contributed by atoms with Gasteiger partial charge in [0.1, 0.15) is 0 Å². The lowest BCUT2D eigenvalue weighted by Crippen LogP contribution is -2.37. The number of alkyl halides is 3. The van der Waals surface area contributed by atoms with Gasteiger partial charge in [-0.25, -0.2) is 4.98 Å². The summed E-state index contributed by atoms with van der Waals surface area (Å²) < 4.78 is 43.9. The molecule has 2 unspecified atom stereocenters. The van der Waals surface area contributed by atoms with E-state index in [1.54, 1.807) is 13.3 Å². The van der Waals surface area contributed by atoms with Crippen LogP contribution >= 0.6 is 11.3 Å². The van der Waals surface area contributed by atoms with Crippen LogP contribution in [0.15, 0.2) is 67.1 Å². The molecule has 0 fully saturated rings. The topological polar surface area (TPSA) is 73.1 Å². The Morgan fingerprint density at radius 3 is 2.58 bits per heavy atom. The molecule has 33 heavy (non-hydrogen) atoms. The number of benzene rings is 2. The smallest absolute Gasteiger partial charge is 0.384 e. The number of halogens is 3. The molecule has 0 saturated carbocycles. The summed E-state index contributed by atoms with van der Waals surface area (Å²) >= 11 is 1.51. The Bertz CT molecular complexity index is 1210. The van der Waals surface area contributed by atoms with Crippen molar-refractivity contribution in [2.24, 2.45) is 5.73 Å². The molecule has 0 aliphatic rings. The van der Waals surface area contributed by atoms with Crippen molar-refractivity contribution in [3.8, 4) is 10.4 Å². The minimum absolute atomic E-state index is 0.265. The first-order valence-corrected chi connectivity index (χ1v) is 11.1. The number of anilines is 1. The predicted octanol–water partition coefficient (Wildman–Crippen LogP) is 5.55. The third kappa shape index (κ3) is 5.50. The first kappa shape index (κ1) is 23.2. The highest BCUT2D eigenvalue weighted by Crippen LogP contribution is 2.32. The van der Waals surface area contributed by atoms with E-state index in [0.717, 1.165) is 38.5 Å². The highest BCUT2D eigenvalue weighted by atomic mass is 32.1. The maximum Gasteiger partial charge on any atom is 0.416 e. The van der Waals surface area contributed by atoms with E-state index in [0.29, 0.717) is 18.7 Å². The van der Waals surface area contributed by atoms with E-state index in [4.69, 9.17) is 10.5 Å². The molecule has 0 radical (unpaired) electrons. The SMILES string of the molecule is COCC(c1ccc(C(F)(F)F)cc1)C(N)CNc1ncc(-c2ccc3cnccc3c2)s1. The third-order valence-corrected chi connectivity index (χ3v) is 6.45. The van der Waals surface area contributed by atoms with Crippen molar-refractivity contribution in [1.29, 1.82) is 0 Å². The van der Waals surface area contributed by atoms with E-state index >= 15 is 0 Å². The summed E-state index contributed by atoms with van der Waals surface area (Å²) in [5.41, 5.74) is 7.47. The van der Waals surface area contributed by atoms with E-state index in [1.807, 2.05) is 30.6 Å². The molecule has 0 aliphatic heterocycles. The molecule has 9 heteroatoms. The number of hydrogen-bond acceptors (Lipinski definition) is 6. The van der Waals surface area contributed by atoms with E-state index in [2.05, 4.69) is 21.4 Å². The van der Waals surface area contributed by atoms with Crippen molar-refractivity contribution in [3.05, 3.63) is 78.2 Å². The van der Waals surface area contributed by atoms with Gasteiger partial charge in [0.15, 0.2) is 5.13 Å². The van der Waals surface area contributed by atoms with Gasteiger partial charge in [0.25, 0.3) is 0 Å². The zero-order valence-electron chi connectivity index (χ0n) is 17.8. The number of fused-ring (bicyclic) bond motifs is 1. The number of hydrogen-bond donors (Lipinski definition) is 2. The van der Waals surface area contributed by atoms with Gasteiger partial charge in [-0.3, -0.25) is 4.98 Å². The van der Waals surface area contributed by atoms with Crippen molar-refractivity contribution < 1.29 is 17.9 Å². The predicted molar refractivity (Wildman–Crippen MR) is 125 cm³/mol. The fraction of sp³-hybridized carbons (Fsp3) is 0.250. The van der Waals surface area contributed by atoms with Gasteiger partial charge in [0, 0.05) is 49.6 Å². The Hall–Kier alpha value is -3.01. The standard InChI is InChI=1S/C24H23F3N4OS/c1-32-14-20(15-4-6-19(7-5-15)24(25,26)27)21(28)12-30-23-31-13-22(33-23)17-2-3-18-11-29-9-8-16(18)10-17/h2-11,13,20-21H,12,14,28H2,1H3,(H,30,31). The fourth-order valence-electron chi connectivity index (χ4n) is 3.64. The normalized spacial score (nSPS) is 13.7. The van der Waals surface area contributed by atoms with Crippen molar-refractivity contribution in [2.75, 3.05) is 25.6 Å². The van der Waals surface area contributed by atoms with Crippen molar-refractivity contribution >= 4 is 27.2 Å². The molecule has 2 heterocycles. The maximum absolute atomic E-state index is 12.9. The zero-order chi connectivity index (χ0) is 23.4. The number of rotatable bonds is 8. The van der Waals surface area contributed by atoms with Crippen LogP contribution in [0.3, 0.4) is 0 Å². The monoisotopic (exact) mass is 472 g/mol. The quantitative estimate of drug-likeness (QED) is 0.352. The van der Waals surface area contributed by atoms with E-state index in [-0.39, 0.29) is 12.0 Å². The van der Waals surface area contributed by atoms with Crippen LogP contribution in [0.1, 0.15) is 17.0 Å². The first-order chi connectivity index (χ1) is 15.8. The zero-order valence-corrected chi connectivity index (χ0v) is 18.7. The number of methoxy groups -OCH3 is 1. The minimum atomic E-state index is -4.37. The second-order valence-corrected chi connectivity index (χ2v) is 8.72. The molecule has 2 atom stereocenters. The summed E-state index contributed by atoms with van der Waals surface area (Å²) in [5.74, 6) is -0.265. The van der Waals surface area contributed by atoms with Gasteiger partial charge in [-0.05, 0) is 40.8 Å². The Balaban J connectivity index is 1.43. The molecule has 0 amide bonds. The lowest BCUT2D eigenvalue weighted by atomic mass is 9.92. The Morgan fingerprint density at radius 2 is 1.85 bits per heavy atom. The molecule has 0 saturated heterocycles. The van der Waals surface area contributed by atoms with Crippen LogP contribution in [0.2, 0.25) is 0 Å². The highest BCUT2D eigenvalue weighted by molar-refractivity contribution is 7.18. The van der Waals surface area contributed by atoms with Gasteiger partial charge in [-0.15, -0.1) is 0 Å². The molecule has 0 aliphatic carbocycles. The third-order valence-electron chi connectivity index (χ3n) is 5.45. The van der Waals surface area contributed by atoms with Gasteiger partial charge < -0.3 is 15.8 Å². The van der Waals surface area contributed by atoms with Crippen LogP contribution in [-0.2, 0) is 10.9 Å². The summed E-state index contributed by atoms with van der Waals surface area (Å²) in [4.78, 5) is 9.59. The van der Waals surface area contributed by atoms with Crippen molar-refractivity contribution in [1.82, 2.24) is 9.97 Å². The number of nitrogens with one attached hydrogen (secondary N) is 1. The number of pyridine rings is 1. The molecule has 4 aromatic rings. The average molecular weight is 473 g/mol. The molecule has 0 spiro atoms. The lowest BCUT2D eigenvalue weighted by Gasteiger charge is -2.24. The molecule has 4 rings (SSSR count). The van der Waals surface area contributed by atoms with Gasteiger partial charge in [-0.2, -0.15) is 13.2 Å². The molecule has 172 valence electrons. The van der Waals surface area contributed by atoms with Gasteiger partial charge >= 0.3 is 6.18 Å². The molecular formula is C24H23F3N4OS. The van der Waals surface area contributed by atoms with Crippen molar-refractivity contribution in [2.45, 2.75) is 18.1 Å². The van der Waals surface area contributed by atoms with Gasteiger partial charge in [0.05, 0.1) is 17.0 Å². The summed E-state index contributed by atoms with van der Waals surface area (Å²) in [6, 6.07) is 12.8. The van der Waals surface area contributed by atoms with Crippen LogP contribution in [0.25, 0.3) is 21.2 Å². The van der Waals surface area contributed by atoms with Crippen LogP contribution in [0, 0.1) is 0 Å². The van der Waals surface area contributed by atoms with Gasteiger partial charge in [-0.1, -0.05) is 35.6 Å². The summed E-state index contributed by atoms with van der Waals surface area (Å²) in [5, 5.41) is 6.15. The molecular weight excluding hydrogens is 449 g/mol. The average Bonchev–Trinajstić information content (AvgIpc) is 3.29. The molecule has 2 aromatic heterocycles. The summed E-state index contributed by atoms with van der Waals surface area (Å²) in [6.45, 7) is 0.689. The van der Waals surface area contributed by atoms with E-state index in [9.17, 15) is 13.2 Å². The lowest BCUT2D eigenvalue weighted by molar-refractivity contribution is -0.137. The second-order valence-electron chi connectivity index (χ2n) is 7.69. The fourth-order valence-corrected chi connectivity index (χ4v) is 4.46. The van der Waals surface area contributed by atoms with Crippen LogP contribution < -0.4 is 11.1 Å². The molecule has 3 N–H and O–H groups in total. The number of ether oxygens (including phenoxy) is 1. The van der Waals surface area contributed by atoms with E-state index in [1.165, 1.54) is 23.5 Å². The second kappa shape index (κ2) is 9.86. The van der Waals surface area contributed by atoms with Crippen LogP contribution in [0.5, 0.6) is 0 Å². The number of thiazole rings is 1. The Kier molecular flexibility index (Phi) is 6.92. The van der Waals surface area contributed by atoms with E-state index < -0.39 is 11.7 Å². The summed E-state index contributed by atoms with van der Waals surface area (Å²) in [6.07, 6.45) is 1.03. The van der Waals surface area contributed by atoms with Crippen LogP contribution in [-0.4, -0.2) is 36.3 Å². The minimum Gasteiger partial charge on any atom is -0.384 e. The molecule has 5 nitrogen and oxygen atoms in total. The molecule has 0 bridgehead atoms. The first-order valence-electron chi connectivity index (χ1n) is 10.3. The van der Waals surface area contributed by atoms with Gasteiger partial charge in [0.2, 0.25) is 0 Å². The number of aromatic nitrogens is 2. The maximum atomic E-state index is 12.9. The summed E-state index contributed by atoms with van der Waals surface area (Å²) in [7, 11) is 1.55. The highest BCUT2D eigenvalue weighted by Gasteiger charge is 2.30. The largest absolute Gasteiger partial charge is 0.416 e. The number of nitrogens with two attached hydrogens (primary N) is 1.